The van der Waals surface area contributed by atoms with E-state index in [1.807, 2.05) is 13.0 Å². The van der Waals surface area contributed by atoms with Gasteiger partial charge in [0.1, 0.15) is 4.21 Å². The third kappa shape index (κ3) is 5.76. The molecule has 0 spiro atoms. The third-order valence-electron chi connectivity index (χ3n) is 3.15. The van der Waals surface area contributed by atoms with Gasteiger partial charge in [-0.15, -0.1) is 11.3 Å². The Hall–Kier alpha value is -0.920. The number of aryl methyl sites for hydroxylation is 1. The molecule has 1 heterocycles. The minimum Gasteiger partial charge on any atom is -0.342 e. The molecule has 0 radical (unpaired) electrons. The van der Waals surface area contributed by atoms with Gasteiger partial charge in [0.25, 0.3) is 0 Å². The Kier molecular flexibility index (Phi) is 7.34. The molecule has 0 saturated heterocycles. The number of unbranched alkanes of at least 4 members (excludes halogenated alkanes) is 1. The van der Waals surface area contributed by atoms with E-state index in [1.165, 1.54) is 18.3 Å². The molecule has 120 valence electrons. The fraction of sp³-hybridized carbons (Fsp3) is 0.643. The minimum absolute atomic E-state index is 0.0213. The highest BCUT2D eigenvalue weighted by Gasteiger charge is 2.17. The first kappa shape index (κ1) is 18.1. The molecule has 0 fully saturated rings. The summed E-state index contributed by atoms with van der Waals surface area (Å²) >= 11 is 1.29. The number of thiophene rings is 1. The highest BCUT2D eigenvalue weighted by molar-refractivity contribution is 7.91. The lowest BCUT2D eigenvalue weighted by Crippen LogP contribution is -2.37. The van der Waals surface area contributed by atoms with Crippen molar-refractivity contribution >= 4 is 27.3 Å². The van der Waals surface area contributed by atoms with Gasteiger partial charge in [0.15, 0.2) is 0 Å². The molecule has 1 N–H and O–H groups in total. The summed E-state index contributed by atoms with van der Waals surface area (Å²) in [5.74, 6) is -0.0213. The van der Waals surface area contributed by atoms with E-state index in [4.69, 9.17) is 0 Å². The number of amides is 1. The van der Waals surface area contributed by atoms with Crippen LogP contribution in [0.25, 0.3) is 0 Å². The van der Waals surface area contributed by atoms with Crippen LogP contribution in [0, 0.1) is 0 Å². The van der Waals surface area contributed by atoms with Gasteiger partial charge >= 0.3 is 0 Å². The fourth-order valence-corrected chi connectivity index (χ4v) is 4.22. The maximum absolute atomic E-state index is 12.1. The summed E-state index contributed by atoms with van der Waals surface area (Å²) in [4.78, 5) is 14.2. The predicted octanol–water partition coefficient (Wildman–Crippen LogP) is 2.24. The highest BCUT2D eigenvalue weighted by atomic mass is 32.2. The lowest BCUT2D eigenvalue weighted by molar-refractivity contribution is -0.128. The quantitative estimate of drug-likeness (QED) is 0.754. The van der Waals surface area contributed by atoms with Crippen LogP contribution in [0.3, 0.4) is 0 Å². The molecule has 0 atom stereocenters. The molecule has 5 nitrogen and oxygen atoms in total. The van der Waals surface area contributed by atoms with Crippen LogP contribution in [0.1, 0.15) is 38.5 Å². The van der Waals surface area contributed by atoms with E-state index in [1.54, 1.807) is 11.0 Å². The number of hydrogen-bond acceptors (Lipinski definition) is 4. The Balaban J connectivity index is 2.54. The molecule has 1 amide bonds. The average molecular weight is 332 g/mol. The molecule has 0 unspecified atom stereocenters. The molecule has 1 aromatic heterocycles. The molecule has 0 aliphatic rings. The molecule has 0 aliphatic heterocycles. The zero-order valence-electron chi connectivity index (χ0n) is 12.9. The lowest BCUT2D eigenvalue weighted by Gasteiger charge is -2.20. The van der Waals surface area contributed by atoms with Crippen molar-refractivity contribution < 1.29 is 13.2 Å². The minimum atomic E-state index is -3.46. The standard InChI is InChI=1S/C14H24N2O3S2/c1-4-6-10-16(12(3)17)11-9-15-21(18,19)14-8-7-13(5-2)20-14/h7-8,15H,4-6,9-11H2,1-3H3. The van der Waals surface area contributed by atoms with E-state index in [0.717, 1.165) is 24.1 Å². The molecule has 0 bridgehead atoms. The maximum Gasteiger partial charge on any atom is 0.250 e. The summed E-state index contributed by atoms with van der Waals surface area (Å²) in [6.07, 6.45) is 2.76. The van der Waals surface area contributed by atoms with Gasteiger partial charge in [0.2, 0.25) is 15.9 Å². The Morgan fingerprint density at radius 1 is 1.29 bits per heavy atom. The zero-order chi connectivity index (χ0) is 15.9. The molecule has 7 heteroatoms. The monoisotopic (exact) mass is 332 g/mol. The van der Waals surface area contributed by atoms with Crippen molar-refractivity contribution in [3.8, 4) is 0 Å². The first-order valence-electron chi connectivity index (χ1n) is 7.24. The SMILES string of the molecule is CCCCN(CCNS(=O)(=O)c1ccc(CC)s1)C(C)=O. The van der Waals surface area contributed by atoms with E-state index < -0.39 is 10.0 Å². The summed E-state index contributed by atoms with van der Waals surface area (Å²) in [7, 11) is -3.46. The zero-order valence-corrected chi connectivity index (χ0v) is 14.5. The molecule has 1 rings (SSSR count). The van der Waals surface area contributed by atoms with Crippen molar-refractivity contribution in [3.05, 3.63) is 17.0 Å². The number of carbonyl (C=O) groups is 1. The Bertz CT molecular complexity index is 552. The van der Waals surface area contributed by atoms with Crippen LogP contribution < -0.4 is 4.72 Å². The highest BCUT2D eigenvalue weighted by Crippen LogP contribution is 2.21. The second kappa shape index (κ2) is 8.51. The number of carbonyl (C=O) groups excluding carboxylic acids is 1. The maximum atomic E-state index is 12.1. The van der Waals surface area contributed by atoms with Gasteiger partial charge in [-0.05, 0) is 25.0 Å². The van der Waals surface area contributed by atoms with E-state index in [2.05, 4.69) is 11.6 Å². The van der Waals surface area contributed by atoms with Gasteiger partial charge in [0.05, 0.1) is 0 Å². The molecule has 1 aromatic rings. The number of nitrogens with one attached hydrogen (secondary N) is 1. The molecular weight excluding hydrogens is 308 g/mol. The molecule has 0 aromatic carbocycles. The van der Waals surface area contributed by atoms with Gasteiger partial charge in [0, 0.05) is 31.4 Å². The van der Waals surface area contributed by atoms with E-state index >= 15 is 0 Å². The topological polar surface area (TPSA) is 66.5 Å². The van der Waals surface area contributed by atoms with Crippen molar-refractivity contribution in [1.29, 1.82) is 0 Å². The first-order valence-corrected chi connectivity index (χ1v) is 9.54. The summed E-state index contributed by atoms with van der Waals surface area (Å²) in [6, 6.07) is 3.47. The van der Waals surface area contributed by atoms with Crippen molar-refractivity contribution in [3.63, 3.8) is 0 Å². The summed E-state index contributed by atoms with van der Waals surface area (Å²) in [5, 5.41) is 0. The van der Waals surface area contributed by atoms with Gasteiger partial charge < -0.3 is 4.90 Å². The number of rotatable bonds is 9. The number of nitrogens with zero attached hydrogens (tertiary/aromatic N) is 1. The van der Waals surface area contributed by atoms with Crippen LogP contribution in [-0.4, -0.2) is 38.9 Å². The van der Waals surface area contributed by atoms with E-state index in [0.29, 0.717) is 17.3 Å². The van der Waals surface area contributed by atoms with Gasteiger partial charge in [-0.3, -0.25) is 4.79 Å². The van der Waals surface area contributed by atoms with Gasteiger partial charge in [-0.1, -0.05) is 20.3 Å². The summed E-state index contributed by atoms with van der Waals surface area (Å²) in [5.41, 5.74) is 0. The van der Waals surface area contributed by atoms with Gasteiger partial charge in [-0.25, -0.2) is 13.1 Å². The lowest BCUT2D eigenvalue weighted by atomic mass is 10.3. The summed E-state index contributed by atoms with van der Waals surface area (Å²) < 4.78 is 27.1. The van der Waals surface area contributed by atoms with E-state index in [-0.39, 0.29) is 12.5 Å². The van der Waals surface area contributed by atoms with Crippen molar-refractivity contribution in [1.82, 2.24) is 9.62 Å². The Labute approximate surface area is 131 Å². The van der Waals surface area contributed by atoms with Crippen LogP contribution in [0.5, 0.6) is 0 Å². The Morgan fingerprint density at radius 3 is 2.52 bits per heavy atom. The number of hydrogen-bond donors (Lipinski definition) is 1. The second-order valence-corrected chi connectivity index (χ2v) is 7.99. The van der Waals surface area contributed by atoms with Crippen LogP contribution in [0.2, 0.25) is 0 Å². The summed E-state index contributed by atoms with van der Waals surface area (Å²) in [6.45, 7) is 6.88. The first-order chi connectivity index (χ1) is 9.90. The normalized spacial score (nSPS) is 11.6. The largest absolute Gasteiger partial charge is 0.342 e. The Morgan fingerprint density at radius 2 is 2.00 bits per heavy atom. The van der Waals surface area contributed by atoms with Crippen LogP contribution in [-0.2, 0) is 21.2 Å². The van der Waals surface area contributed by atoms with Crippen LogP contribution in [0.15, 0.2) is 16.3 Å². The van der Waals surface area contributed by atoms with Crippen LogP contribution in [0.4, 0.5) is 0 Å². The van der Waals surface area contributed by atoms with Crippen molar-refractivity contribution in [2.45, 2.75) is 44.2 Å². The fourth-order valence-electron chi connectivity index (χ4n) is 1.85. The van der Waals surface area contributed by atoms with E-state index in [9.17, 15) is 13.2 Å². The second-order valence-electron chi connectivity index (χ2n) is 4.83. The molecule has 21 heavy (non-hydrogen) atoms. The molecule has 0 aliphatic carbocycles. The van der Waals surface area contributed by atoms with Gasteiger partial charge in [-0.2, -0.15) is 0 Å². The predicted molar refractivity (Wildman–Crippen MR) is 86.0 cm³/mol. The average Bonchev–Trinajstić information content (AvgIpc) is 2.91. The van der Waals surface area contributed by atoms with Crippen molar-refractivity contribution in [2.75, 3.05) is 19.6 Å². The van der Waals surface area contributed by atoms with Crippen molar-refractivity contribution in [2.24, 2.45) is 0 Å². The molecular formula is C14H24N2O3S2. The molecule has 0 saturated carbocycles. The van der Waals surface area contributed by atoms with Crippen LogP contribution >= 0.6 is 11.3 Å². The smallest absolute Gasteiger partial charge is 0.250 e. The third-order valence-corrected chi connectivity index (χ3v) is 6.33. The number of sulfonamides is 1.